The summed E-state index contributed by atoms with van der Waals surface area (Å²) in [7, 11) is 1.21. The minimum atomic E-state index is -3.58. The Hall–Kier alpha value is -2.67. The highest BCUT2D eigenvalue weighted by atomic mass is 35.5. The third-order valence-electron chi connectivity index (χ3n) is 5.44. The van der Waals surface area contributed by atoms with Crippen molar-refractivity contribution in [2.24, 2.45) is 5.41 Å². The number of alkyl halides is 2. The fourth-order valence-electron chi connectivity index (χ4n) is 3.36. The summed E-state index contributed by atoms with van der Waals surface area (Å²) in [5.74, 6) is -4.23. The van der Waals surface area contributed by atoms with Gasteiger partial charge in [-0.05, 0) is 42.4 Å². The van der Waals surface area contributed by atoms with Crippen LogP contribution in [-0.2, 0) is 20.2 Å². The van der Waals surface area contributed by atoms with Gasteiger partial charge in [0, 0.05) is 10.6 Å². The van der Waals surface area contributed by atoms with E-state index < -0.39 is 35.7 Å². The van der Waals surface area contributed by atoms with E-state index in [0.29, 0.717) is 6.42 Å². The Morgan fingerprint density at radius 1 is 1.16 bits per heavy atom. The average molecular weight is 452 g/mol. The second kappa shape index (κ2) is 9.22. The van der Waals surface area contributed by atoms with Crippen molar-refractivity contribution in [3.8, 4) is 0 Å². The van der Waals surface area contributed by atoms with Crippen LogP contribution in [0.2, 0.25) is 5.02 Å². The summed E-state index contributed by atoms with van der Waals surface area (Å²) >= 11 is 5.89. The Morgan fingerprint density at radius 3 is 2.42 bits per heavy atom. The minimum Gasteiger partial charge on any atom is -0.467 e. The smallest absolute Gasteiger partial charge is 0.408 e. The van der Waals surface area contributed by atoms with E-state index in [1.54, 1.807) is 18.2 Å². The standard InChI is InChI=1S/C23H24ClF2NO4/c1-22(11-12-22)14-18(20(28)30-2)27-21(29)31-19(15-7-4-3-5-8-15)23(25,26)16-9-6-10-17(24)13-16/h3-10,13,18-19H,11-12,14H2,1-2H3,(H,27,29)/t18-,19?/m0/s1. The summed E-state index contributed by atoms with van der Waals surface area (Å²) < 4.78 is 40.8. The Labute approximate surface area is 184 Å². The largest absolute Gasteiger partial charge is 0.467 e. The van der Waals surface area contributed by atoms with E-state index in [4.69, 9.17) is 21.1 Å². The van der Waals surface area contributed by atoms with Crippen molar-refractivity contribution in [3.63, 3.8) is 0 Å². The van der Waals surface area contributed by atoms with Crippen molar-refractivity contribution in [1.82, 2.24) is 5.32 Å². The van der Waals surface area contributed by atoms with Gasteiger partial charge in [0.15, 0.2) is 6.10 Å². The Kier molecular flexibility index (Phi) is 6.84. The monoisotopic (exact) mass is 451 g/mol. The number of rotatable bonds is 8. The highest BCUT2D eigenvalue weighted by Gasteiger charge is 2.46. The number of benzene rings is 2. The molecule has 1 unspecified atom stereocenters. The molecule has 2 aromatic rings. The molecule has 1 amide bonds. The Bertz CT molecular complexity index is 934. The molecule has 1 saturated carbocycles. The Morgan fingerprint density at radius 2 is 1.84 bits per heavy atom. The fourth-order valence-corrected chi connectivity index (χ4v) is 3.55. The zero-order valence-electron chi connectivity index (χ0n) is 17.2. The molecule has 8 heteroatoms. The van der Waals surface area contributed by atoms with E-state index in [0.717, 1.165) is 18.9 Å². The van der Waals surface area contributed by atoms with Gasteiger partial charge in [-0.1, -0.05) is 61.0 Å². The molecule has 1 fully saturated rings. The molecule has 3 rings (SSSR count). The zero-order chi connectivity index (χ0) is 22.6. The molecule has 1 aliphatic carbocycles. The van der Waals surface area contributed by atoms with Crippen molar-refractivity contribution < 1.29 is 27.8 Å². The molecule has 1 aliphatic rings. The van der Waals surface area contributed by atoms with Gasteiger partial charge in [0.2, 0.25) is 0 Å². The lowest BCUT2D eigenvalue weighted by Crippen LogP contribution is -2.44. The molecule has 2 atom stereocenters. The van der Waals surface area contributed by atoms with Crippen LogP contribution in [0.5, 0.6) is 0 Å². The first kappa shape index (κ1) is 23.0. The lowest BCUT2D eigenvalue weighted by atomic mass is 9.97. The normalized spacial score (nSPS) is 16.7. The maximum atomic E-state index is 15.4. The number of carbonyl (C=O) groups excluding carboxylic acids is 2. The van der Waals surface area contributed by atoms with Crippen LogP contribution in [0.4, 0.5) is 13.6 Å². The first-order valence-electron chi connectivity index (χ1n) is 9.88. The van der Waals surface area contributed by atoms with E-state index in [9.17, 15) is 9.59 Å². The fraction of sp³-hybridized carbons (Fsp3) is 0.391. The number of ether oxygens (including phenoxy) is 2. The molecule has 5 nitrogen and oxygen atoms in total. The van der Waals surface area contributed by atoms with Gasteiger partial charge < -0.3 is 14.8 Å². The third kappa shape index (κ3) is 5.73. The SMILES string of the molecule is COC(=O)[C@H](CC1(C)CC1)NC(=O)OC(c1ccccc1)C(F)(F)c1cccc(Cl)c1. The molecule has 166 valence electrons. The number of amides is 1. The van der Waals surface area contributed by atoms with Crippen molar-refractivity contribution in [2.45, 2.75) is 44.3 Å². The molecule has 0 spiro atoms. The van der Waals surface area contributed by atoms with E-state index in [1.807, 2.05) is 6.92 Å². The van der Waals surface area contributed by atoms with E-state index in [1.165, 1.54) is 37.4 Å². The second-order valence-electron chi connectivity index (χ2n) is 8.06. The number of hydrogen-bond acceptors (Lipinski definition) is 4. The van der Waals surface area contributed by atoms with E-state index >= 15 is 8.78 Å². The molecule has 0 bridgehead atoms. The number of esters is 1. The predicted molar refractivity (Wildman–Crippen MR) is 112 cm³/mol. The lowest BCUT2D eigenvalue weighted by molar-refractivity contribution is -0.144. The first-order valence-corrected chi connectivity index (χ1v) is 10.3. The molecule has 0 saturated heterocycles. The number of carbonyl (C=O) groups is 2. The van der Waals surface area contributed by atoms with Crippen LogP contribution in [-0.4, -0.2) is 25.2 Å². The molecular formula is C23H24ClF2NO4. The quantitative estimate of drug-likeness (QED) is 0.528. The number of alkyl carbamates (subject to hydrolysis) is 1. The maximum Gasteiger partial charge on any atom is 0.408 e. The predicted octanol–water partition coefficient (Wildman–Crippen LogP) is 5.63. The highest BCUT2D eigenvalue weighted by molar-refractivity contribution is 6.30. The van der Waals surface area contributed by atoms with Crippen LogP contribution in [0.15, 0.2) is 54.6 Å². The molecule has 0 heterocycles. The summed E-state index contributed by atoms with van der Waals surface area (Å²) in [6, 6.07) is 11.9. The topological polar surface area (TPSA) is 64.6 Å². The molecule has 31 heavy (non-hydrogen) atoms. The van der Waals surface area contributed by atoms with Crippen LogP contribution in [0.3, 0.4) is 0 Å². The van der Waals surface area contributed by atoms with E-state index in [2.05, 4.69) is 5.32 Å². The number of methoxy groups -OCH3 is 1. The van der Waals surface area contributed by atoms with Crippen molar-refractivity contribution in [1.29, 1.82) is 0 Å². The van der Waals surface area contributed by atoms with Gasteiger partial charge in [0.25, 0.3) is 0 Å². The number of halogens is 3. The summed E-state index contributed by atoms with van der Waals surface area (Å²) in [6.45, 7) is 1.98. The molecule has 2 aromatic carbocycles. The van der Waals surface area contributed by atoms with Crippen LogP contribution in [0, 0.1) is 5.41 Å². The Balaban J connectivity index is 1.84. The average Bonchev–Trinajstić information content (AvgIpc) is 3.48. The van der Waals surface area contributed by atoms with Crippen molar-refractivity contribution in [2.75, 3.05) is 7.11 Å². The minimum absolute atomic E-state index is 0.0876. The molecule has 1 N–H and O–H groups in total. The van der Waals surface area contributed by atoms with Crippen LogP contribution >= 0.6 is 11.6 Å². The highest BCUT2D eigenvalue weighted by Crippen LogP contribution is 2.49. The molecule has 0 aromatic heterocycles. The zero-order valence-corrected chi connectivity index (χ0v) is 18.0. The molecule has 0 radical (unpaired) electrons. The van der Waals surface area contributed by atoms with Gasteiger partial charge in [0.1, 0.15) is 6.04 Å². The molecular weight excluding hydrogens is 428 g/mol. The number of hydrogen-bond donors (Lipinski definition) is 1. The van der Waals surface area contributed by atoms with Gasteiger partial charge in [0.05, 0.1) is 7.11 Å². The summed E-state index contributed by atoms with van der Waals surface area (Å²) in [5, 5.41) is 2.54. The molecule has 0 aliphatic heterocycles. The maximum absolute atomic E-state index is 15.4. The van der Waals surface area contributed by atoms with Gasteiger partial charge in [-0.15, -0.1) is 0 Å². The van der Waals surface area contributed by atoms with Crippen LogP contribution < -0.4 is 5.32 Å². The van der Waals surface area contributed by atoms with Crippen LogP contribution in [0.1, 0.15) is 43.4 Å². The summed E-state index contributed by atoms with van der Waals surface area (Å²) in [4.78, 5) is 24.7. The van der Waals surface area contributed by atoms with Crippen LogP contribution in [0.25, 0.3) is 0 Å². The number of nitrogens with one attached hydrogen (secondary N) is 1. The second-order valence-corrected chi connectivity index (χ2v) is 8.50. The van der Waals surface area contributed by atoms with Gasteiger partial charge in [-0.3, -0.25) is 0 Å². The van der Waals surface area contributed by atoms with Gasteiger partial charge in [-0.2, -0.15) is 8.78 Å². The summed E-state index contributed by atoms with van der Waals surface area (Å²) in [6.07, 6.45) is -0.889. The van der Waals surface area contributed by atoms with Gasteiger partial charge >= 0.3 is 18.0 Å². The van der Waals surface area contributed by atoms with Crippen molar-refractivity contribution in [3.05, 3.63) is 70.7 Å². The summed E-state index contributed by atoms with van der Waals surface area (Å²) in [5.41, 5.74) is -0.376. The third-order valence-corrected chi connectivity index (χ3v) is 5.68. The van der Waals surface area contributed by atoms with Gasteiger partial charge in [-0.25, -0.2) is 9.59 Å². The van der Waals surface area contributed by atoms with Crippen molar-refractivity contribution >= 4 is 23.7 Å². The van der Waals surface area contributed by atoms with E-state index in [-0.39, 0.29) is 16.0 Å². The first-order chi connectivity index (χ1) is 14.6. The lowest BCUT2D eigenvalue weighted by Gasteiger charge is -2.28.